The van der Waals surface area contributed by atoms with Crippen molar-refractivity contribution in [2.75, 3.05) is 6.54 Å². The Morgan fingerprint density at radius 1 is 1.33 bits per heavy atom. The fraction of sp³-hybridized carbons (Fsp3) is 0.357. The van der Waals surface area contributed by atoms with Crippen LogP contribution < -0.4 is 11.4 Å². The average Bonchev–Trinajstić information content (AvgIpc) is 2.71. The molecule has 0 aliphatic rings. The van der Waals surface area contributed by atoms with Gasteiger partial charge in [-0.2, -0.15) is 0 Å². The van der Waals surface area contributed by atoms with Crippen molar-refractivity contribution in [3.8, 4) is 5.69 Å². The van der Waals surface area contributed by atoms with Crippen LogP contribution in [0.25, 0.3) is 5.69 Å². The first-order chi connectivity index (χ1) is 8.63. The Labute approximate surface area is 107 Å². The predicted octanol–water partition coefficient (Wildman–Crippen LogP) is 1.63. The molecule has 2 rings (SSSR count). The van der Waals surface area contributed by atoms with E-state index in [0.29, 0.717) is 12.5 Å². The second-order valence-electron chi connectivity index (χ2n) is 4.64. The molecule has 0 aliphatic heterocycles. The molecule has 4 heteroatoms. The molecule has 0 spiro atoms. The van der Waals surface area contributed by atoms with Crippen molar-refractivity contribution < 1.29 is 0 Å². The smallest absolute Gasteiger partial charge is 0.330 e. The summed E-state index contributed by atoms with van der Waals surface area (Å²) in [6.07, 6.45) is 4.50. The highest BCUT2D eigenvalue weighted by Crippen LogP contribution is 2.20. The maximum atomic E-state index is 11.9. The molecule has 4 nitrogen and oxygen atoms in total. The highest BCUT2D eigenvalue weighted by Gasteiger charge is 2.07. The SMILES string of the molecule is CC(CCN)c1cccc(-n2ccn(C)c2=O)c1. The molecular formula is C14H19N3O. The first-order valence-electron chi connectivity index (χ1n) is 6.18. The number of imidazole rings is 1. The quantitative estimate of drug-likeness (QED) is 0.890. The van der Waals surface area contributed by atoms with Gasteiger partial charge in [0.25, 0.3) is 0 Å². The number of aromatic nitrogens is 2. The molecule has 2 N–H and O–H groups in total. The van der Waals surface area contributed by atoms with Crippen LogP contribution in [0.3, 0.4) is 0 Å². The fourth-order valence-corrected chi connectivity index (χ4v) is 2.06. The average molecular weight is 245 g/mol. The Bertz CT molecular complexity index is 583. The van der Waals surface area contributed by atoms with E-state index in [0.717, 1.165) is 12.1 Å². The number of nitrogens with two attached hydrogens (primary N) is 1. The third-order valence-electron chi connectivity index (χ3n) is 3.26. The molecule has 0 saturated carbocycles. The minimum Gasteiger partial charge on any atom is -0.330 e. The number of nitrogens with zero attached hydrogens (tertiary/aromatic N) is 2. The summed E-state index contributed by atoms with van der Waals surface area (Å²) in [5.74, 6) is 0.411. The lowest BCUT2D eigenvalue weighted by atomic mass is 9.97. The zero-order valence-electron chi connectivity index (χ0n) is 10.8. The van der Waals surface area contributed by atoms with Crippen LogP contribution in [0.5, 0.6) is 0 Å². The Kier molecular flexibility index (Phi) is 3.67. The first kappa shape index (κ1) is 12.6. The molecule has 2 aromatic rings. The van der Waals surface area contributed by atoms with E-state index in [2.05, 4.69) is 19.1 Å². The van der Waals surface area contributed by atoms with Gasteiger partial charge in [-0.05, 0) is 36.6 Å². The maximum Gasteiger partial charge on any atom is 0.332 e. The van der Waals surface area contributed by atoms with Crippen molar-refractivity contribution in [1.82, 2.24) is 9.13 Å². The van der Waals surface area contributed by atoms with Crippen LogP contribution in [-0.2, 0) is 7.05 Å². The van der Waals surface area contributed by atoms with Crippen LogP contribution >= 0.6 is 0 Å². The summed E-state index contributed by atoms with van der Waals surface area (Å²) in [5, 5.41) is 0. The fourth-order valence-electron chi connectivity index (χ4n) is 2.06. The topological polar surface area (TPSA) is 52.9 Å². The van der Waals surface area contributed by atoms with Gasteiger partial charge in [0.1, 0.15) is 0 Å². The lowest BCUT2D eigenvalue weighted by Crippen LogP contribution is -2.20. The van der Waals surface area contributed by atoms with Crippen molar-refractivity contribution in [3.63, 3.8) is 0 Å². The van der Waals surface area contributed by atoms with Gasteiger partial charge in [0.2, 0.25) is 0 Å². The van der Waals surface area contributed by atoms with Crippen LogP contribution in [0.4, 0.5) is 0 Å². The van der Waals surface area contributed by atoms with Gasteiger partial charge in [0.05, 0.1) is 5.69 Å². The molecule has 0 saturated heterocycles. The van der Waals surface area contributed by atoms with E-state index in [1.54, 1.807) is 28.6 Å². The van der Waals surface area contributed by atoms with E-state index in [4.69, 9.17) is 5.73 Å². The molecule has 18 heavy (non-hydrogen) atoms. The van der Waals surface area contributed by atoms with E-state index in [1.165, 1.54) is 5.56 Å². The third kappa shape index (κ3) is 2.38. The van der Waals surface area contributed by atoms with Gasteiger partial charge in [0.15, 0.2) is 0 Å². The molecule has 1 atom stereocenters. The highest BCUT2D eigenvalue weighted by atomic mass is 16.1. The Morgan fingerprint density at radius 3 is 2.72 bits per heavy atom. The molecule has 0 amide bonds. The maximum absolute atomic E-state index is 11.9. The monoisotopic (exact) mass is 245 g/mol. The van der Waals surface area contributed by atoms with Crippen LogP contribution in [0.2, 0.25) is 0 Å². The van der Waals surface area contributed by atoms with E-state index < -0.39 is 0 Å². The van der Waals surface area contributed by atoms with Gasteiger partial charge >= 0.3 is 5.69 Å². The minimum atomic E-state index is -0.0290. The van der Waals surface area contributed by atoms with Crippen LogP contribution in [-0.4, -0.2) is 15.7 Å². The number of aryl methyl sites for hydroxylation is 1. The first-order valence-corrected chi connectivity index (χ1v) is 6.18. The molecule has 0 radical (unpaired) electrons. The van der Waals surface area contributed by atoms with Gasteiger partial charge in [-0.25, -0.2) is 4.79 Å². The standard InChI is InChI=1S/C14H19N3O/c1-11(6-7-15)12-4-3-5-13(10-12)17-9-8-16(2)14(17)18/h3-5,8-11H,6-7,15H2,1-2H3. The zero-order valence-corrected chi connectivity index (χ0v) is 10.8. The second-order valence-corrected chi connectivity index (χ2v) is 4.64. The van der Waals surface area contributed by atoms with Gasteiger partial charge in [-0.1, -0.05) is 19.1 Å². The van der Waals surface area contributed by atoms with Crippen LogP contribution in [0.15, 0.2) is 41.5 Å². The summed E-state index contributed by atoms with van der Waals surface area (Å²) >= 11 is 0. The second kappa shape index (κ2) is 5.23. The number of hydrogen-bond acceptors (Lipinski definition) is 2. The van der Waals surface area contributed by atoms with Crippen LogP contribution in [0.1, 0.15) is 24.8 Å². The van der Waals surface area contributed by atoms with Crippen molar-refractivity contribution >= 4 is 0 Å². The number of rotatable bonds is 4. The predicted molar refractivity (Wildman–Crippen MR) is 73.1 cm³/mol. The summed E-state index contributed by atoms with van der Waals surface area (Å²) in [6, 6.07) is 8.07. The molecule has 1 unspecified atom stereocenters. The molecule has 1 heterocycles. The summed E-state index contributed by atoms with van der Waals surface area (Å²) in [5.41, 5.74) is 7.68. The largest absolute Gasteiger partial charge is 0.332 e. The number of hydrogen-bond donors (Lipinski definition) is 1. The summed E-state index contributed by atoms with van der Waals surface area (Å²) in [7, 11) is 1.75. The van der Waals surface area contributed by atoms with Crippen molar-refractivity contribution in [2.24, 2.45) is 12.8 Å². The molecule has 0 aliphatic carbocycles. The number of benzene rings is 1. The van der Waals surface area contributed by atoms with Gasteiger partial charge < -0.3 is 10.3 Å². The minimum absolute atomic E-state index is 0.0290. The van der Waals surface area contributed by atoms with Crippen LogP contribution in [0, 0.1) is 0 Å². The van der Waals surface area contributed by atoms with E-state index in [-0.39, 0.29) is 5.69 Å². The van der Waals surface area contributed by atoms with E-state index in [9.17, 15) is 4.79 Å². The summed E-state index contributed by atoms with van der Waals surface area (Å²) in [6.45, 7) is 2.83. The van der Waals surface area contributed by atoms with Crippen molar-refractivity contribution in [1.29, 1.82) is 0 Å². The Balaban J connectivity index is 2.38. The van der Waals surface area contributed by atoms with Gasteiger partial charge in [0, 0.05) is 19.4 Å². The highest BCUT2D eigenvalue weighted by molar-refractivity contribution is 5.37. The van der Waals surface area contributed by atoms with Crippen molar-refractivity contribution in [2.45, 2.75) is 19.3 Å². The summed E-state index contributed by atoms with van der Waals surface area (Å²) < 4.78 is 3.22. The third-order valence-corrected chi connectivity index (χ3v) is 3.26. The molecular weight excluding hydrogens is 226 g/mol. The molecule has 96 valence electrons. The molecule has 0 fully saturated rings. The zero-order chi connectivity index (χ0) is 13.1. The molecule has 0 bridgehead atoms. The van der Waals surface area contributed by atoms with Crippen molar-refractivity contribution in [3.05, 3.63) is 52.7 Å². The Morgan fingerprint density at radius 2 is 2.11 bits per heavy atom. The molecule has 1 aromatic carbocycles. The normalized spacial score (nSPS) is 12.6. The Hall–Kier alpha value is -1.81. The van der Waals surface area contributed by atoms with E-state index in [1.807, 2.05) is 12.1 Å². The van der Waals surface area contributed by atoms with Gasteiger partial charge in [-0.15, -0.1) is 0 Å². The van der Waals surface area contributed by atoms with Gasteiger partial charge in [-0.3, -0.25) is 4.57 Å². The lowest BCUT2D eigenvalue weighted by Gasteiger charge is -2.12. The molecule has 1 aromatic heterocycles. The van der Waals surface area contributed by atoms with E-state index >= 15 is 0 Å². The lowest BCUT2D eigenvalue weighted by molar-refractivity contribution is 0.689. The summed E-state index contributed by atoms with van der Waals surface area (Å²) in [4.78, 5) is 11.9.